The maximum absolute atomic E-state index is 13.1. The van der Waals surface area contributed by atoms with Gasteiger partial charge in [0.05, 0.1) is 17.3 Å². The van der Waals surface area contributed by atoms with E-state index in [-0.39, 0.29) is 5.78 Å². The van der Waals surface area contributed by atoms with Gasteiger partial charge in [0.2, 0.25) is 0 Å². The van der Waals surface area contributed by atoms with Crippen molar-refractivity contribution in [2.45, 2.75) is 6.92 Å². The molecule has 0 bridgehead atoms. The van der Waals surface area contributed by atoms with Gasteiger partial charge < -0.3 is 4.42 Å². The predicted molar refractivity (Wildman–Crippen MR) is 109 cm³/mol. The van der Waals surface area contributed by atoms with E-state index < -0.39 is 0 Å². The van der Waals surface area contributed by atoms with Gasteiger partial charge in [0.25, 0.3) is 0 Å². The number of fused-ring (bicyclic) bond motifs is 1. The molecule has 0 amide bonds. The van der Waals surface area contributed by atoms with Crippen molar-refractivity contribution in [2.24, 2.45) is 0 Å². The number of carbonyl (C=O) groups excluding carboxylic acids is 1. The van der Waals surface area contributed by atoms with Crippen molar-refractivity contribution in [3.8, 4) is 11.1 Å². The van der Waals surface area contributed by atoms with E-state index in [0.29, 0.717) is 22.0 Å². The van der Waals surface area contributed by atoms with Crippen LogP contribution in [-0.4, -0.2) is 10.8 Å². The first-order chi connectivity index (χ1) is 13.1. The van der Waals surface area contributed by atoms with E-state index in [2.05, 4.69) is 4.98 Å². The van der Waals surface area contributed by atoms with Gasteiger partial charge in [-0.1, -0.05) is 41.9 Å². The van der Waals surface area contributed by atoms with Crippen molar-refractivity contribution in [1.29, 1.82) is 0 Å². The summed E-state index contributed by atoms with van der Waals surface area (Å²) in [6, 6.07) is 19.0. The van der Waals surface area contributed by atoms with Crippen LogP contribution in [0.5, 0.6) is 0 Å². The average molecular weight is 374 g/mol. The number of nitrogens with zero attached hydrogens (tertiary/aromatic N) is 1. The highest BCUT2D eigenvalue weighted by atomic mass is 35.5. The number of allylic oxidation sites excluding steroid dienone is 1. The highest BCUT2D eigenvalue weighted by molar-refractivity contribution is 6.31. The minimum absolute atomic E-state index is 0.128. The summed E-state index contributed by atoms with van der Waals surface area (Å²) in [5.74, 6) is 0.496. The molecule has 0 radical (unpaired) electrons. The number of ketones is 1. The molecule has 0 aliphatic rings. The lowest BCUT2D eigenvalue weighted by Gasteiger charge is -2.14. The minimum Gasteiger partial charge on any atom is -0.465 e. The van der Waals surface area contributed by atoms with E-state index >= 15 is 0 Å². The molecule has 27 heavy (non-hydrogen) atoms. The number of carbonyl (C=O) groups is 1. The van der Waals surface area contributed by atoms with Gasteiger partial charge in [-0.25, -0.2) is 0 Å². The summed E-state index contributed by atoms with van der Waals surface area (Å²) in [6.45, 7) is 1.86. The summed E-state index contributed by atoms with van der Waals surface area (Å²) in [5, 5.41) is 1.46. The highest BCUT2D eigenvalue weighted by Crippen LogP contribution is 2.34. The second kappa shape index (κ2) is 7.22. The lowest BCUT2D eigenvalue weighted by Crippen LogP contribution is -2.05. The van der Waals surface area contributed by atoms with Crippen LogP contribution in [0, 0.1) is 6.92 Å². The molecular weight excluding hydrogens is 358 g/mol. The molecule has 0 saturated carbocycles. The number of benzene rings is 2. The first-order valence-electron chi connectivity index (χ1n) is 8.54. The van der Waals surface area contributed by atoms with Gasteiger partial charge in [0.15, 0.2) is 5.78 Å². The Balaban J connectivity index is 1.96. The summed E-state index contributed by atoms with van der Waals surface area (Å²) in [5.41, 5.74) is 3.85. The zero-order chi connectivity index (χ0) is 18.8. The number of aryl methyl sites for hydroxylation is 1. The van der Waals surface area contributed by atoms with Crippen LogP contribution in [0.25, 0.3) is 28.1 Å². The van der Waals surface area contributed by atoms with Crippen LogP contribution < -0.4 is 0 Å². The molecule has 0 saturated heterocycles. The smallest absolute Gasteiger partial charge is 0.188 e. The molecule has 0 atom stereocenters. The van der Waals surface area contributed by atoms with Crippen molar-refractivity contribution in [3.63, 3.8) is 0 Å². The molecule has 0 aliphatic carbocycles. The van der Waals surface area contributed by atoms with Crippen LogP contribution in [0.1, 0.15) is 21.8 Å². The Bertz CT molecular complexity index is 1150. The Labute approximate surface area is 161 Å². The number of aromatic nitrogens is 1. The topological polar surface area (TPSA) is 43.1 Å². The van der Waals surface area contributed by atoms with E-state index in [4.69, 9.17) is 16.0 Å². The SMILES string of the molecule is Cc1nc2ccc(Cl)cc2c(-c2ccccc2)c1C(=O)/C=C/c1ccco1. The molecule has 4 heteroatoms. The summed E-state index contributed by atoms with van der Waals surface area (Å²) in [7, 11) is 0. The van der Waals surface area contributed by atoms with Crippen LogP contribution in [-0.2, 0) is 0 Å². The molecule has 0 spiro atoms. The second-order valence-electron chi connectivity index (χ2n) is 6.19. The fourth-order valence-electron chi connectivity index (χ4n) is 3.19. The van der Waals surface area contributed by atoms with Crippen molar-refractivity contribution < 1.29 is 9.21 Å². The summed E-state index contributed by atoms with van der Waals surface area (Å²) >= 11 is 6.24. The Morgan fingerprint density at radius 3 is 2.63 bits per heavy atom. The summed E-state index contributed by atoms with van der Waals surface area (Å²) in [6.07, 6.45) is 4.76. The van der Waals surface area contributed by atoms with Gasteiger partial charge >= 0.3 is 0 Å². The van der Waals surface area contributed by atoms with E-state index in [1.807, 2.05) is 55.5 Å². The molecule has 0 aliphatic heterocycles. The van der Waals surface area contributed by atoms with Crippen molar-refractivity contribution in [2.75, 3.05) is 0 Å². The first-order valence-corrected chi connectivity index (χ1v) is 8.92. The van der Waals surface area contributed by atoms with Crippen molar-refractivity contribution in [3.05, 3.63) is 95.0 Å². The molecule has 4 rings (SSSR count). The Kier molecular flexibility index (Phi) is 4.61. The summed E-state index contributed by atoms with van der Waals surface area (Å²) < 4.78 is 5.28. The molecule has 4 aromatic rings. The quantitative estimate of drug-likeness (QED) is 0.309. The van der Waals surface area contributed by atoms with Gasteiger partial charge in [-0.3, -0.25) is 9.78 Å². The average Bonchev–Trinajstić information content (AvgIpc) is 3.20. The Morgan fingerprint density at radius 2 is 1.89 bits per heavy atom. The maximum atomic E-state index is 13.1. The minimum atomic E-state index is -0.128. The molecule has 2 heterocycles. The van der Waals surface area contributed by atoms with E-state index in [1.54, 1.807) is 24.5 Å². The molecular formula is C23H16ClNO2. The third kappa shape index (κ3) is 3.42. The Morgan fingerprint density at radius 1 is 1.07 bits per heavy atom. The van der Waals surface area contributed by atoms with Crippen molar-refractivity contribution in [1.82, 2.24) is 4.98 Å². The number of furan rings is 1. The fourth-order valence-corrected chi connectivity index (χ4v) is 3.36. The number of hydrogen-bond donors (Lipinski definition) is 0. The van der Waals surface area contributed by atoms with Crippen LogP contribution in [0.4, 0.5) is 0 Å². The maximum Gasteiger partial charge on any atom is 0.188 e. The molecule has 132 valence electrons. The third-order valence-corrected chi connectivity index (χ3v) is 4.61. The normalized spacial score (nSPS) is 11.3. The predicted octanol–water partition coefficient (Wildman–Crippen LogP) is 6.35. The standard InChI is InChI=1S/C23H16ClNO2/c1-15-22(21(26)12-10-18-8-5-13-27-18)23(16-6-3-2-4-7-16)19-14-17(24)9-11-20(19)25-15/h2-14H,1H3/b12-10+. The van der Waals surface area contributed by atoms with E-state index in [0.717, 1.165) is 22.0 Å². The van der Waals surface area contributed by atoms with Gasteiger partial charge in [-0.2, -0.15) is 0 Å². The monoisotopic (exact) mass is 373 g/mol. The van der Waals surface area contributed by atoms with Crippen LogP contribution >= 0.6 is 11.6 Å². The Hall–Kier alpha value is -3.17. The van der Waals surface area contributed by atoms with Crippen LogP contribution in [0.3, 0.4) is 0 Å². The molecule has 0 unspecified atom stereocenters. The van der Waals surface area contributed by atoms with Gasteiger partial charge in [-0.05, 0) is 55.0 Å². The highest BCUT2D eigenvalue weighted by Gasteiger charge is 2.19. The molecule has 0 fully saturated rings. The molecule has 2 aromatic heterocycles. The number of halogens is 1. The first kappa shape index (κ1) is 17.3. The van der Waals surface area contributed by atoms with Crippen LogP contribution in [0.2, 0.25) is 5.02 Å². The molecule has 3 nitrogen and oxygen atoms in total. The zero-order valence-corrected chi connectivity index (χ0v) is 15.4. The van der Waals surface area contributed by atoms with Gasteiger partial charge in [-0.15, -0.1) is 0 Å². The number of hydrogen-bond acceptors (Lipinski definition) is 3. The second-order valence-corrected chi connectivity index (χ2v) is 6.62. The third-order valence-electron chi connectivity index (χ3n) is 4.38. The van der Waals surface area contributed by atoms with Gasteiger partial charge in [0.1, 0.15) is 5.76 Å². The zero-order valence-electron chi connectivity index (χ0n) is 14.6. The van der Waals surface area contributed by atoms with Gasteiger partial charge in [0, 0.05) is 21.7 Å². The van der Waals surface area contributed by atoms with E-state index in [1.165, 1.54) is 6.08 Å². The summed E-state index contributed by atoms with van der Waals surface area (Å²) in [4.78, 5) is 17.7. The largest absolute Gasteiger partial charge is 0.465 e. The van der Waals surface area contributed by atoms with Crippen molar-refractivity contribution >= 4 is 34.4 Å². The fraction of sp³-hybridized carbons (Fsp3) is 0.0435. The van der Waals surface area contributed by atoms with E-state index in [9.17, 15) is 4.79 Å². The molecule has 2 aromatic carbocycles. The lowest BCUT2D eigenvalue weighted by molar-refractivity contribution is 0.104. The van der Waals surface area contributed by atoms with Crippen LogP contribution in [0.15, 0.2) is 77.4 Å². The molecule has 0 N–H and O–H groups in total. The number of pyridine rings is 1. The lowest BCUT2D eigenvalue weighted by atomic mass is 9.92. The number of rotatable bonds is 4.